The summed E-state index contributed by atoms with van der Waals surface area (Å²) in [5.74, 6) is 0. The summed E-state index contributed by atoms with van der Waals surface area (Å²) in [7, 11) is 0. The Kier molecular flexibility index (Phi) is 3.30. The molecular weight excluding hydrogens is 232 g/mol. The monoisotopic (exact) mass is 244 g/mol. The number of anilines is 2. The van der Waals surface area contributed by atoms with Crippen molar-refractivity contribution in [3.63, 3.8) is 0 Å². The molecule has 2 heterocycles. The molecule has 0 unspecified atom stereocenters. The SMILES string of the molecule is Cc1cncc(Nc2ccnc(C(N)=S)c2)c1. The summed E-state index contributed by atoms with van der Waals surface area (Å²) in [6.07, 6.45) is 5.23. The Balaban J connectivity index is 2.24. The molecule has 0 aromatic carbocycles. The number of aromatic nitrogens is 2. The van der Waals surface area contributed by atoms with Crippen molar-refractivity contribution in [1.82, 2.24) is 9.97 Å². The van der Waals surface area contributed by atoms with E-state index >= 15 is 0 Å². The summed E-state index contributed by atoms with van der Waals surface area (Å²) in [5.41, 5.74) is 9.03. The lowest BCUT2D eigenvalue weighted by Gasteiger charge is -2.07. The number of nitrogens with two attached hydrogens (primary N) is 1. The van der Waals surface area contributed by atoms with Gasteiger partial charge in [-0.2, -0.15) is 0 Å². The Hall–Kier alpha value is -2.01. The number of thiocarbonyl (C=S) groups is 1. The van der Waals surface area contributed by atoms with Gasteiger partial charge in [0.05, 0.1) is 17.6 Å². The van der Waals surface area contributed by atoms with Crippen LogP contribution >= 0.6 is 12.2 Å². The molecule has 2 aromatic rings. The van der Waals surface area contributed by atoms with Crippen molar-refractivity contribution >= 4 is 28.6 Å². The second-order valence-corrected chi connectivity index (χ2v) is 4.11. The fourth-order valence-electron chi connectivity index (χ4n) is 1.43. The zero-order chi connectivity index (χ0) is 12.3. The van der Waals surface area contributed by atoms with Crippen LogP contribution in [0, 0.1) is 6.92 Å². The predicted octanol–water partition coefficient (Wildman–Crippen LogP) is 2.16. The van der Waals surface area contributed by atoms with Gasteiger partial charge in [0, 0.05) is 18.1 Å². The van der Waals surface area contributed by atoms with E-state index in [0.29, 0.717) is 5.69 Å². The average molecular weight is 244 g/mol. The molecule has 3 N–H and O–H groups in total. The lowest BCUT2D eigenvalue weighted by molar-refractivity contribution is 1.25. The van der Waals surface area contributed by atoms with E-state index in [1.807, 2.05) is 25.1 Å². The molecular formula is C12H12N4S. The van der Waals surface area contributed by atoms with E-state index in [1.54, 1.807) is 18.6 Å². The molecule has 5 heteroatoms. The maximum atomic E-state index is 5.53. The minimum Gasteiger partial charge on any atom is -0.388 e. The highest BCUT2D eigenvalue weighted by molar-refractivity contribution is 7.80. The lowest BCUT2D eigenvalue weighted by Crippen LogP contribution is -2.11. The molecule has 17 heavy (non-hydrogen) atoms. The van der Waals surface area contributed by atoms with Crippen molar-refractivity contribution in [2.45, 2.75) is 6.92 Å². The third-order valence-electron chi connectivity index (χ3n) is 2.18. The van der Waals surface area contributed by atoms with Crippen molar-refractivity contribution in [1.29, 1.82) is 0 Å². The standard InChI is InChI=1S/C12H12N4S/c1-8-4-10(7-14-6-8)16-9-2-3-15-11(5-9)12(13)17/h2-7H,1H3,(H2,13,17)(H,15,16). The minimum atomic E-state index is 0.288. The Bertz CT molecular complexity index is 554. The van der Waals surface area contributed by atoms with Crippen LogP contribution in [0.5, 0.6) is 0 Å². The minimum absolute atomic E-state index is 0.288. The van der Waals surface area contributed by atoms with Crippen LogP contribution in [-0.4, -0.2) is 15.0 Å². The van der Waals surface area contributed by atoms with E-state index in [4.69, 9.17) is 18.0 Å². The van der Waals surface area contributed by atoms with Gasteiger partial charge in [0.15, 0.2) is 0 Å². The first-order chi connectivity index (χ1) is 8.15. The maximum absolute atomic E-state index is 5.53. The van der Waals surface area contributed by atoms with Crippen LogP contribution < -0.4 is 11.1 Å². The third-order valence-corrected chi connectivity index (χ3v) is 2.39. The van der Waals surface area contributed by atoms with Crippen LogP contribution in [-0.2, 0) is 0 Å². The highest BCUT2D eigenvalue weighted by atomic mass is 32.1. The topological polar surface area (TPSA) is 63.8 Å². The van der Waals surface area contributed by atoms with Gasteiger partial charge in [-0.25, -0.2) is 0 Å². The Morgan fingerprint density at radius 3 is 2.82 bits per heavy atom. The van der Waals surface area contributed by atoms with Crippen LogP contribution in [0.2, 0.25) is 0 Å². The van der Waals surface area contributed by atoms with E-state index < -0.39 is 0 Å². The van der Waals surface area contributed by atoms with Crippen molar-refractivity contribution in [2.75, 3.05) is 5.32 Å². The maximum Gasteiger partial charge on any atom is 0.122 e. The molecule has 0 aliphatic rings. The van der Waals surface area contributed by atoms with E-state index in [-0.39, 0.29) is 4.99 Å². The number of hydrogen-bond donors (Lipinski definition) is 2. The van der Waals surface area contributed by atoms with Gasteiger partial charge in [-0.3, -0.25) is 9.97 Å². The van der Waals surface area contributed by atoms with Gasteiger partial charge in [0.2, 0.25) is 0 Å². The quantitative estimate of drug-likeness (QED) is 0.810. The van der Waals surface area contributed by atoms with E-state index in [1.165, 1.54) is 0 Å². The van der Waals surface area contributed by atoms with Crippen LogP contribution in [0.15, 0.2) is 36.8 Å². The summed E-state index contributed by atoms with van der Waals surface area (Å²) in [5, 5.41) is 3.22. The zero-order valence-electron chi connectivity index (χ0n) is 9.34. The Labute approximate surface area is 105 Å². The van der Waals surface area contributed by atoms with E-state index in [9.17, 15) is 0 Å². The molecule has 0 aliphatic carbocycles. The molecule has 2 rings (SSSR count). The van der Waals surface area contributed by atoms with Gasteiger partial charge in [0.1, 0.15) is 4.99 Å². The first-order valence-corrected chi connectivity index (χ1v) is 5.50. The number of pyridine rings is 2. The fourth-order valence-corrected chi connectivity index (χ4v) is 1.54. The Morgan fingerprint density at radius 1 is 1.29 bits per heavy atom. The number of aryl methyl sites for hydroxylation is 1. The molecule has 0 saturated heterocycles. The average Bonchev–Trinajstić information content (AvgIpc) is 2.29. The van der Waals surface area contributed by atoms with Gasteiger partial charge < -0.3 is 11.1 Å². The second-order valence-electron chi connectivity index (χ2n) is 3.67. The van der Waals surface area contributed by atoms with Crippen LogP contribution in [0.3, 0.4) is 0 Å². The van der Waals surface area contributed by atoms with Crippen molar-refractivity contribution in [3.05, 3.63) is 48.0 Å². The fraction of sp³-hybridized carbons (Fsp3) is 0.0833. The smallest absolute Gasteiger partial charge is 0.122 e. The normalized spacial score (nSPS) is 9.94. The van der Waals surface area contributed by atoms with Crippen molar-refractivity contribution in [3.8, 4) is 0 Å². The second kappa shape index (κ2) is 4.88. The van der Waals surface area contributed by atoms with E-state index in [0.717, 1.165) is 16.9 Å². The summed E-state index contributed by atoms with van der Waals surface area (Å²) in [4.78, 5) is 8.47. The molecule has 0 atom stereocenters. The summed E-state index contributed by atoms with van der Waals surface area (Å²) >= 11 is 4.88. The van der Waals surface area contributed by atoms with Crippen LogP contribution in [0.4, 0.5) is 11.4 Å². The molecule has 0 fully saturated rings. The van der Waals surface area contributed by atoms with Gasteiger partial charge >= 0.3 is 0 Å². The van der Waals surface area contributed by atoms with Gasteiger partial charge in [-0.1, -0.05) is 12.2 Å². The molecule has 0 amide bonds. The largest absolute Gasteiger partial charge is 0.388 e. The summed E-state index contributed by atoms with van der Waals surface area (Å²) < 4.78 is 0. The number of nitrogens with zero attached hydrogens (tertiary/aromatic N) is 2. The van der Waals surface area contributed by atoms with Crippen LogP contribution in [0.25, 0.3) is 0 Å². The lowest BCUT2D eigenvalue weighted by atomic mass is 10.2. The van der Waals surface area contributed by atoms with Crippen molar-refractivity contribution in [2.24, 2.45) is 5.73 Å². The number of nitrogens with one attached hydrogen (secondary N) is 1. The molecule has 0 bridgehead atoms. The first-order valence-electron chi connectivity index (χ1n) is 5.10. The number of rotatable bonds is 3. The third kappa shape index (κ3) is 2.98. The number of hydrogen-bond acceptors (Lipinski definition) is 4. The summed E-state index contributed by atoms with van der Waals surface area (Å²) in [6, 6.07) is 5.67. The highest BCUT2D eigenvalue weighted by Crippen LogP contribution is 2.16. The highest BCUT2D eigenvalue weighted by Gasteiger charge is 2.00. The molecule has 4 nitrogen and oxygen atoms in total. The Morgan fingerprint density at radius 2 is 2.12 bits per heavy atom. The predicted molar refractivity (Wildman–Crippen MR) is 72.4 cm³/mol. The first kappa shape index (κ1) is 11.5. The summed E-state index contributed by atoms with van der Waals surface area (Å²) in [6.45, 7) is 1.99. The van der Waals surface area contributed by atoms with Crippen molar-refractivity contribution < 1.29 is 0 Å². The zero-order valence-corrected chi connectivity index (χ0v) is 10.2. The van der Waals surface area contributed by atoms with Gasteiger partial charge in [-0.15, -0.1) is 0 Å². The van der Waals surface area contributed by atoms with Gasteiger partial charge in [0.25, 0.3) is 0 Å². The molecule has 0 radical (unpaired) electrons. The van der Waals surface area contributed by atoms with Gasteiger partial charge in [-0.05, 0) is 30.7 Å². The van der Waals surface area contributed by atoms with E-state index in [2.05, 4.69) is 15.3 Å². The molecule has 2 aromatic heterocycles. The molecule has 0 spiro atoms. The molecule has 0 saturated carbocycles. The molecule has 86 valence electrons. The molecule has 0 aliphatic heterocycles. The van der Waals surface area contributed by atoms with Crippen LogP contribution in [0.1, 0.15) is 11.3 Å².